The van der Waals surface area contributed by atoms with E-state index in [2.05, 4.69) is 41.5 Å². The van der Waals surface area contributed by atoms with Gasteiger partial charge in [-0.25, -0.2) is 4.79 Å². The number of allylic oxidation sites excluding steroid dienone is 2. The summed E-state index contributed by atoms with van der Waals surface area (Å²) in [4.78, 5) is 20.2. The van der Waals surface area contributed by atoms with E-state index in [1.54, 1.807) is 28.4 Å². The van der Waals surface area contributed by atoms with Gasteiger partial charge in [0.25, 0.3) is 0 Å². The molecule has 0 atom stereocenters. The van der Waals surface area contributed by atoms with Crippen LogP contribution in [0.1, 0.15) is 36.5 Å². The second kappa shape index (κ2) is 10.3. The smallest absolute Gasteiger partial charge is 0.325 e. The molecule has 0 aliphatic carbocycles. The summed E-state index contributed by atoms with van der Waals surface area (Å²) in [6.45, 7) is 10.1. The zero-order valence-electron chi connectivity index (χ0n) is 23.0. The molecule has 0 bridgehead atoms. The molecule has 0 radical (unpaired) electrons. The monoisotopic (exact) mass is 519 g/mol. The summed E-state index contributed by atoms with van der Waals surface area (Å²) in [6, 6.07) is 9.92. The minimum atomic E-state index is -0.364. The molecule has 2 saturated heterocycles. The van der Waals surface area contributed by atoms with E-state index in [-0.39, 0.29) is 11.6 Å². The third kappa shape index (κ3) is 4.26. The van der Waals surface area contributed by atoms with Crippen molar-refractivity contribution in [2.24, 2.45) is 0 Å². The van der Waals surface area contributed by atoms with Crippen molar-refractivity contribution < 1.29 is 23.7 Å². The van der Waals surface area contributed by atoms with Crippen molar-refractivity contribution in [1.29, 1.82) is 0 Å². The summed E-state index contributed by atoms with van der Waals surface area (Å²) in [7, 11) is 6.63. The Hall–Kier alpha value is -3.65. The number of hydrogen-bond acceptors (Lipinski definition) is 6. The molecule has 202 valence electrons. The fourth-order valence-electron chi connectivity index (χ4n) is 6.27. The minimum Gasteiger partial charge on any atom is -0.497 e. The highest BCUT2D eigenvalue weighted by Gasteiger charge is 2.54. The second-order valence-electron chi connectivity index (χ2n) is 10.1. The van der Waals surface area contributed by atoms with Gasteiger partial charge in [0, 0.05) is 49.6 Å². The molecular weight excluding hydrogens is 482 g/mol. The molecule has 1 spiro atoms. The number of carbonyl (C=O) groups excluding carboxylic acids is 1. The van der Waals surface area contributed by atoms with Crippen LogP contribution in [0.2, 0.25) is 0 Å². The Labute approximate surface area is 225 Å². The van der Waals surface area contributed by atoms with E-state index in [4.69, 9.17) is 18.9 Å². The largest absolute Gasteiger partial charge is 0.497 e. The maximum atomic E-state index is 13.8. The lowest BCUT2D eigenvalue weighted by molar-refractivity contribution is 0.0890. The topological polar surface area (TPSA) is 63.7 Å². The summed E-state index contributed by atoms with van der Waals surface area (Å²) in [5, 5.41) is 0. The zero-order valence-corrected chi connectivity index (χ0v) is 23.0. The van der Waals surface area contributed by atoms with Gasteiger partial charge in [-0.3, -0.25) is 9.80 Å². The first-order valence-corrected chi connectivity index (χ1v) is 13.1. The van der Waals surface area contributed by atoms with Crippen LogP contribution < -0.4 is 18.9 Å². The fourth-order valence-corrected chi connectivity index (χ4v) is 6.27. The lowest BCUT2D eigenvalue weighted by Crippen LogP contribution is -2.53. The highest BCUT2D eigenvalue weighted by molar-refractivity contribution is 5.88. The Morgan fingerprint density at radius 2 is 1.53 bits per heavy atom. The summed E-state index contributed by atoms with van der Waals surface area (Å²) in [5.74, 6) is 2.99. The summed E-state index contributed by atoms with van der Waals surface area (Å²) >= 11 is 0. The summed E-state index contributed by atoms with van der Waals surface area (Å²) < 4.78 is 22.1. The first-order chi connectivity index (χ1) is 18.4. The number of fused-ring (bicyclic) bond motifs is 3. The van der Waals surface area contributed by atoms with Crippen molar-refractivity contribution in [3.05, 3.63) is 65.4 Å². The molecule has 2 amide bonds. The fraction of sp³-hybridized carbons (Fsp3) is 0.433. The Morgan fingerprint density at radius 3 is 2.11 bits per heavy atom. The van der Waals surface area contributed by atoms with Crippen molar-refractivity contribution in [2.45, 2.75) is 38.4 Å². The van der Waals surface area contributed by atoms with Gasteiger partial charge in [-0.15, -0.1) is 0 Å². The van der Waals surface area contributed by atoms with Crippen LogP contribution in [0.15, 0.2) is 48.7 Å². The maximum absolute atomic E-state index is 13.8. The second-order valence-corrected chi connectivity index (χ2v) is 10.1. The van der Waals surface area contributed by atoms with E-state index in [1.807, 2.05) is 23.1 Å². The molecule has 0 saturated carbocycles. The van der Waals surface area contributed by atoms with Gasteiger partial charge in [-0.05, 0) is 60.7 Å². The average Bonchev–Trinajstić information content (AvgIpc) is 3.03. The van der Waals surface area contributed by atoms with Crippen molar-refractivity contribution in [1.82, 2.24) is 14.7 Å². The molecule has 3 aliphatic heterocycles. The van der Waals surface area contributed by atoms with Gasteiger partial charge in [0.1, 0.15) is 23.0 Å². The number of likely N-dealkylation sites (N-methyl/N-ethyl adjacent to an activating group) is 1. The molecule has 2 aromatic carbocycles. The van der Waals surface area contributed by atoms with E-state index in [0.29, 0.717) is 24.6 Å². The molecule has 8 nitrogen and oxygen atoms in total. The van der Waals surface area contributed by atoms with Gasteiger partial charge in [0.05, 0.1) is 40.5 Å². The van der Waals surface area contributed by atoms with Crippen LogP contribution in [0.25, 0.3) is 5.57 Å². The van der Waals surface area contributed by atoms with Crippen LogP contribution in [0.5, 0.6) is 23.0 Å². The van der Waals surface area contributed by atoms with Crippen LogP contribution in [0.4, 0.5) is 4.79 Å². The molecule has 5 rings (SSSR count). The number of rotatable bonds is 7. The van der Waals surface area contributed by atoms with Crippen molar-refractivity contribution in [3.63, 3.8) is 0 Å². The van der Waals surface area contributed by atoms with Crippen molar-refractivity contribution >= 4 is 11.6 Å². The van der Waals surface area contributed by atoms with Gasteiger partial charge in [-0.1, -0.05) is 6.58 Å². The quantitative estimate of drug-likeness (QED) is 0.517. The van der Waals surface area contributed by atoms with E-state index < -0.39 is 0 Å². The van der Waals surface area contributed by atoms with Gasteiger partial charge in [0.15, 0.2) is 0 Å². The Balaban J connectivity index is 1.44. The van der Waals surface area contributed by atoms with Crippen LogP contribution in [0.3, 0.4) is 0 Å². The van der Waals surface area contributed by atoms with Crippen molar-refractivity contribution in [2.75, 3.05) is 48.1 Å². The molecule has 38 heavy (non-hydrogen) atoms. The van der Waals surface area contributed by atoms with E-state index in [1.165, 1.54) is 0 Å². The van der Waals surface area contributed by atoms with Gasteiger partial charge in [0.2, 0.25) is 0 Å². The number of methoxy groups -OCH3 is 4. The molecule has 0 N–H and O–H groups in total. The van der Waals surface area contributed by atoms with Gasteiger partial charge >= 0.3 is 6.03 Å². The number of benzene rings is 2. The zero-order chi connectivity index (χ0) is 27.0. The van der Waals surface area contributed by atoms with Crippen LogP contribution >= 0.6 is 0 Å². The third-order valence-corrected chi connectivity index (χ3v) is 8.14. The van der Waals surface area contributed by atoms with Gasteiger partial charge < -0.3 is 23.8 Å². The summed E-state index contributed by atoms with van der Waals surface area (Å²) in [5.41, 5.74) is 4.58. The number of urea groups is 1. The lowest BCUT2D eigenvalue weighted by atomic mass is 9.82. The normalized spacial score (nSPS) is 18.6. The van der Waals surface area contributed by atoms with Crippen molar-refractivity contribution in [3.8, 4) is 23.0 Å². The SMILES string of the molecule is C=C1C=C2N(Cc3cc(OC)cc(OC)c31)C(=O)N(CC)C21CCN(Cc2cc(OC)cc(OC)c2)CC1. The lowest BCUT2D eigenvalue weighted by Gasteiger charge is -2.44. The Morgan fingerprint density at radius 1 is 0.895 bits per heavy atom. The first kappa shape index (κ1) is 26.0. The average molecular weight is 520 g/mol. The predicted molar refractivity (Wildman–Crippen MR) is 147 cm³/mol. The molecule has 2 aromatic rings. The van der Waals surface area contributed by atoms with E-state index in [9.17, 15) is 4.79 Å². The van der Waals surface area contributed by atoms with E-state index >= 15 is 0 Å². The van der Waals surface area contributed by atoms with Crippen LogP contribution in [0, 0.1) is 0 Å². The Kier molecular flexibility index (Phi) is 7.01. The molecule has 3 aliphatic rings. The van der Waals surface area contributed by atoms with Gasteiger partial charge in [-0.2, -0.15) is 0 Å². The standard InChI is InChI=1S/C30H37N3O5/c1-7-33-29(34)32-19-22-15-25(37-5)17-26(38-6)28(22)20(2)12-27(32)30(33)8-10-31(11-9-30)18-21-13-23(35-3)16-24(14-21)36-4/h12-17H,2,7-11,18-19H2,1,3-6H3. The Bertz CT molecular complexity index is 1260. The highest BCUT2D eigenvalue weighted by atomic mass is 16.5. The molecule has 2 fully saturated rings. The molecule has 0 unspecified atom stereocenters. The molecule has 3 heterocycles. The third-order valence-electron chi connectivity index (χ3n) is 8.14. The van der Waals surface area contributed by atoms with E-state index in [0.717, 1.165) is 71.9 Å². The number of likely N-dealkylation sites (tertiary alicyclic amines) is 1. The number of amides is 2. The number of carbonyl (C=O) groups is 1. The van der Waals surface area contributed by atoms with Crippen LogP contribution in [-0.4, -0.2) is 74.3 Å². The maximum Gasteiger partial charge on any atom is 0.325 e. The molecule has 8 heteroatoms. The number of ether oxygens (including phenoxy) is 4. The minimum absolute atomic E-state index is 0.0483. The van der Waals surface area contributed by atoms with Crippen LogP contribution in [-0.2, 0) is 13.1 Å². The molecular formula is C30H37N3O5. The summed E-state index contributed by atoms with van der Waals surface area (Å²) in [6.07, 6.45) is 3.80. The number of hydrogen-bond donors (Lipinski definition) is 0. The first-order valence-electron chi connectivity index (χ1n) is 13.1. The predicted octanol–water partition coefficient (Wildman–Crippen LogP) is 4.92. The molecule has 0 aromatic heterocycles. The number of piperidine rings is 1. The number of nitrogens with zero attached hydrogens (tertiary/aromatic N) is 3. The highest BCUT2D eigenvalue weighted by Crippen LogP contribution is 2.48.